The summed E-state index contributed by atoms with van der Waals surface area (Å²) in [5, 5.41) is 0. The summed E-state index contributed by atoms with van der Waals surface area (Å²) in [5.74, 6) is -0.290. The predicted molar refractivity (Wildman–Crippen MR) is 73.5 cm³/mol. The number of thiazole rings is 1. The van der Waals surface area contributed by atoms with Crippen molar-refractivity contribution < 1.29 is 18.0 Å². The average molecular weight is 336 g/mol. The summed E-state index contributed by atoms with van der Waals surface area (Å²) in [6.45, 7) is -0.140. The molecule has 2 heterocycles. The number of pyridine rings is 1. The molecule has 0 saturated heterocycles. The molecule has 0 amide bonds. The molecule has 0 spiro atoms. The van der Waals surface area contributed by atoms with E-state index in [1.165, 1.54) is 23.4 Å². The van der Waals surface area contributed by atoms with Crippen LogP contribution in [0, 0.1) is 0 Å². The van der Waals surface area contributed by atoms with Gasteiger partial charge in [-0.15, -0.1) is 11.3 Å². The van der Waals surface area contributed by atoms with Gasteiger partial charge in [0.2, 0.25) is 0 Å². The Morgan fingerprint density at radius 3 is 2.71 bits per heavy atom. The molecule has 0 unspecified atom stereocenters. The molecular weight excluding hydrogens is 327 g/mol. The Morgan fingerprint density at radius 1 is 1.38 bits per heavy atom. The Balaban J connectivity index is 2.36. The minimum Gasteiger partial charge on any atom is -0.344 e. The van der Waals surface area contributed by atoms with Gasteiger partial charge in [-0.2, -0.15) is 13.2 Å². The first-order valence-electron chi connectivity index (χ1n) is 5.73. The molecule has 0 bridgehead atoms. The highest BCUT2D eigenvalue weighted by atomic mass is 35.5. The van der Waals surface area contributed by atoms with Gasteiger partial charge in [-0.1, -0.05) is 11.6 Å². The fourth-order valence-corrected chi connectivity index (χ4v) is 2.72. The van der Waals surface area contributed by atoms with E-state index in [1.54, 1.807) is 0 Å². The maximum Gasteiger partial charge on any atom is 0.419 e. The third-order valence-electron chi connectivity index (χ3n) is 2.56. The van der Waals surface area contributed by atoms with Gasteiger partial charge in [0.15, 0.2) is 4.47 Å². The molecule has 0 aliphatic carbocycles. The first-order valence-corrected chi connectivity index (χ1v) is 6.92. The molecule has 4 nitrogen and oxygen atoms in total. The third-order valence-corrected chi connectivity index (χ3v) is 3.66. The summed E-state index contributed by atoms with van der Waals surface area (Å²) in [7, 11) is 0. The predicted octanol–water partition coefficient (Wildman–Crippen LogP) is 3.42. The van der Waals surface area contributed by atoms with E-state index in [1.807, 2.05) is 0 Å². The number of aromatic nitrogens is 2. The second-order valence-corrected chi connectivity index (χ2v) is 5.70. The van der Waals surface area contributed by atoms with Crippen LogP contribution in [0.1, 0.15) is 10.4 Å². The lowest BCUT2D eigenvalue weighted by molar-refractivity contribution is -0.137. The average Bonchev–Trinajstić information content (AvgIpc) is 2.83. The zero-order chi connectivity index (χ0) is 15.5. The Labute approximate surface area is 127 Å². The Morgan fingerprint density at radius 2 is 2.14 bits per heavy atom. The lowest BCUT2D eigenvalue weighted by Gasteiger charge is -2.23. The van der Waals surface area contributed by atoms with Crippen molar-refractivity contribution in [2.75, 3.05) is 11.4 Å². The first kappa shape index (κ1) is 15.7. The minimum atomic E-state index is -4.55. The number of halogens is 4. The fourth-order valence-electron chi connectivity index (χ4n) is 1.73. The van der Waals surface area contributed by atoms with Crippen LogP contribution in [-0.2, 0) is 17.5 Å². The number of hydrogen-bond donors (Lipinski definition) is 0. The highest BCUT2D eigenvalue weighted by Gasteiger charge is 2.35. The first-order chi connectivity index (χ1) is 9.91. The van der Waals surface area contributed by atoms with Crippen molar-refractivity contribution in [1.29, 1.82) is 0 Å². The van der Waals surface area contributed by atoms with Crippen LogP contribution in [0.3, 0.4) is 0 Å². The van der Waals surface area contributed by atoms with Crippen LogP contribution in [-0.4, -0.2) is 22.8 Å². The van der Waals surface area contributed by atoms with E-state index in [4.69, 9.17) is 11.6 Å². The van der Waals surface area contributed by atoms with E-state index in [-0.39, 0.29) is 23.4 Å². The van der Waals surface area contributed by atoms with Crippen molar-refractivity contribution in [2.24, 2.45) is 0 Å². The smallest absolute Gasteiger partial charge is 0.344 e. The zero-order valence-electron chi connectivity index (χ0n) is 10.5. The van der Waals surface area contributed by atoms with Gasteiger partial charge in [-0.05, 0) is 12.1 Å². The van der Waals surface area contributed by atoms with Gasteiger partial charge in [-0.3, -0.25) is 0 Å². The third kappa shape index (κ3) is 3.92. The molecule has 9 heteroatoms. The zero-order valence-corrected chi connectivity index (χ0v) is 12.0. The second kappa shape index (κ2) is 6.40. The Bertz CT molecular complexity index is 632. The summed E-state index contributed by atoms with van der Waals surface area (Å²) in [5.41, 5.74) is -0.887. The van der Waals surface area contributed by atoms with Crippen LogP contribution < -0.4 is 4.90 Å². The molecule has 0 radical (unpaired) electrons. The van der Waals surface area contributed by atoms with Gasteiger partial charge in [0.1, 0.15) is 12.1 Å². The topological polar surface area (TPSA) is 46.1 Å². The number of anilines is 1. The molecule has 0 atom stereocenters. The molecule has 2 aromatic heterocycles. The number of hydrogen-bond acceptors (Lipinski definition) is 5. The number of carbonyl (C=O) groups excluding carboxylic acids is 1. The van der Waals surface area contributed by atoms with E-state index in [0.717, 1.165) is 17.4 Å². The van der Waals surface area contributed by atoms with Crippen molar-refractivity contribution in [2.45, 2.75) is 12.7 Å². The van der Waals surface area contributed by atoms with Crippen molar-refractivity contribution in [1.82, 2.24) is 9.97 Å². The molecule has 112 valence electrons. The number of rotatable bonds is 5. The maximum absolute atomic E-state index is 13.0. The van der Waals surface area contributed by atoms with Gasteiger partial charge in [-0.25, -0.2) is 9.97 Å². The molecule has 21 heavy (non-hydrogen) atoms. The normalized spacial score (nSPS) is 11.4. The quantitative estimate of drug-likeness (QED) is 0.785. The van der Waals surface area contributed by atoms with Gasteiger partial charge in [0, 0.05) is 17.3 Å². The van der Waals surface area contributed by atoms with E-state index >= 15 is 0 Å². The van der Waals surface area contributed by atoms with Crippen molar-refractivity contribution in [3.63, 3.8) is 0 Å². The molecular formula is C12H9ClF3N3OS. The van der Waals surface area contributed by atoms with Crippen LogP contribution in [0.15, 0.2) is 24.5 Å². The summed E-state index contributed by atoms with van der Waals surface area (Å²) >= 11 is 6.83. The monoisotopic (exact) mass is 335 g/mol. The van der Waals surface area contributed by atoms with Crippen LogP contribution in [0.25, 0.3) is 0 Å². The SMILES string of the molecule is O=CCN(Cc1cnc(Cl)s1)c1ncccc1C(F)(F)F. The van der Waals surface area contributed by atoms with Crippen LogP contribution in [0.2, 0.25) is 4.47 Å². The van der Waals surface area contributed by atoms with Crippen LogP contribution in [0.4, 0.5) is 19.0 Å². The molecule has 0 aliphatic heterocycles. The van der Waals surface area contributed by atoms with E-state index < -0.39 is 11.7 Å². The van der Waals surface area contributed by atoms with E-state index in [9.17, 15) is 18.0 Å². The standard InChI is InChI=1S/C12H9ClF3N3OS/c13-11-18-6-8(21-11)7-19(4-5-20)10-9(12(14,15)16)2-1-3-17-10/h1-3,5-6H,4,7H2. The molecule has 2 rings (SSSR count). The maximum atomic E-state index is 13.0. The van der Waals surface area contributed by atoms with Crippen LogP contribution in [0.5, 0.6) is 0 Å². The number of alkyl halides is 3. The number of carbonyl (C=O) groups is 1. The van der Waals surface area contributed by atoms with Crippen molar-refractivity contribution in [3.8, 4) is 0 Å². The number of aldehydes is 1. The molecule has 2 aromatic rings. The summed E-state index contributed by atoms with van der Waals surface area (Å²) < 4.78 is 39.3. The molecule has 0 aliphatic rings. The highest BCUT2D eigenvalue weighted by Crippen LogP contribution is 2.35. The minimum absolute atomic E-state index is 0.0726. The Kier molecular flexibility index (Phi) is 4.79. The number of nitrogens with zero attached hydrogens (tertiary/aromatic N) is 3. The Hall–Kier alpha value is -1.67. The lowest BCUT2D eigenvalue weighted by atomic mass is 10.2. The lowest BCUT2D eigenvalue weighted by Crippen LogP contribution is -2.28. The van der Waals surface area contributed by atoms with E-state index in [2.05, 4.69) is 9.97 Å². The highest BCUT2D eigenvalue weighted by molar-refractivity contribution is 7.15. The molecule has 0 aromatic carbocycles. The van der Waals surface area contributed by atoms with Crippen LogP contribution >= 0.6 is 22.9 Å². The van der Waals surface area contributed by atoms with Gasteiger partial charge >= 0.3 is 6.18 Å². The largest absolute Gasteiger partial charge is 0.419 e. The summed E-state index contributed by atoms with van der Waals surface area (Å²) in [6, 6.07) is 2.13. The summed E-state index contributed by atoms with van der Waals surface area (Å²) in [4.78, 5) is 20.2. The van der Waals surface area contributed by atoms with Crippen molar-refractivity contribution in [3.05, 3.63) is 39.4 Å². The van der Waals surface area contributed by atoms with Gasteiger partial charge in [0.25, 0.3) is 0 Å². The summed E-state index contributed by atoms with van der Waals surface area (Å²) in [6.07, 6.45) is -1.31. The molecule has 0 N–H and O–H groups in total. The molecule has 0 fully saturated rings. The van der Waals surface area contributed by atoms with E-state index in [0.29, 0.717) is 11.2 Å². The van der Waals surface area contributed by atoms with Crippen molar-refractivity contribution >= 4 is 35.0 Å². The second-order valence-electron chi connectivity index (χ2n) is 4.00. The van der Waals surface area contributed by atoms with Gasteiger partial charge in [0.05, 0.1) is 18.7 Å². The molecule has 0 saturated carbocycles. The van der Waals surface area contributed by atoms with Gasteiger partial charge < -0.3 is 9.69 Å². The fraction of sp³-hybridized carbons (Fsp3) is 0.250.